The predicted molar refractivity (Wildman–Crippen MR) is 35.8 cm³/mol. The highest BCUT2D eigenvalue weighted by atomic mass is 16.4. The van der Waals surface area contributed by atoms with Gasteiger partial charge in [-0.2, -0.15) is 0 Å². The number of ketones is 1. The largest absolute Gasteiger partial charge is 0.394 e. The van der Waals surface area contributed by atoms with Gasteiger partial charge in [-0.3, -0.25) is 4.79 Å². The summed E-state index contributed by atoms with van der Waals surface area (Å²) in [7, 11) is 0. The van der Waals surface area contributed by atoms with Crippen LogP contribution in [0, 0.1) is 0 Å². The van der Waals surface area contributed by atoms with Crippen LogP contribution in [0.25, 0.3) is 0 Å². The lowest BCUT2D eigenvalue weighted by molar-refractivity contribution is -0.153. The summed E-state index contributed by atoms with van der Waals surface area (Å²) in [6, 6.07) is 0. The van der Waals surface area contributed by atoms with Gasteiger partial charge in [0.15, 0.2) is 11.4 Å². The standard InChI is InChI=1S/C6H12O5/c1-6(11,4(9)2-7)5(10)3-8/h4,7-9,11H,2-3H2,1H3/t4-,6-/m1/s1. The van der Waals surface area contributed by atoms with Gasteiger partial charge >= 0.3 is 0 Å². The van der Waals surface area contributed by atoms with Gasteiger partial charge in [-0.05, 0) is 6.92 Å². The van der Waals surface area contributed by atoms with E-state index < -0.39 is 30.7 Å². The molecular weight excluding hydrogens is 152 g/mol. The quantitative estimate of drug-likeness (QED) is 0.373. The van der Waals surface area contributed by atoms with E-state index >= 15 is 0 Å². The Morgan fingerprint density at radius 3 is 2.27 bits per heavy atom. The van der Waals surface area contributed by atoms with E-state index in [-0.39, 0.29) is 0 Å². The first kappa shape index (κ1) is 10.5. The molecule has 0 rings (SSSR count). The molecule has 5 nitrogen and oxygen atoms in total. The number of hydrogen-bond acceptors (Lipinski definition) is 5. The van der Waals surface area contributed by atoms with Crippen molar-refractivity contribution in [2.45, 2.75) is 18.6 Å². The maximum Gasteiger partial charge on any atom is 0.192 e. The molecule has 0 aromatic carbocycles. The minimum absolute atomic E-state index is 0.723. The first-order valence-electron chi connectivity index (χ1n) is 3.12. The molecule has 0 aliphatic heterocycles. The topological polar surface area (TPSA) is 98.0 Å². The van der Waals surface area contributed by atoms with E-state index in [1.54, 1.807) is 0 Å². The number of Topliss-reactive ketones (excluding diaryl/α,β-unsaturated/α-hetero) is 1. The zero-order valence-electron chi connectivity index (χ0n) is 6.19. The molecule has 11 heavy (non-hydrogen) atoms. The lowest BCUT2D eigenvalue weighted by Gasteiger charge is -2.24. The Morgan fingerprint density at radius 1 is 1.55 bits per heavy atom. The summed E-state index contributed by atoms with van der Waals surface area (Å²) in [6.07, 6.45) is -1.55. The summed E-state index contributed by atoms with van der Waals surface area (Å²) >= 11 is 0. The number of carbonyl (C=O) groups is 1. The van der Waals surface area contributed by atoms with E-state index in [9.17, 15) is 4.79 Å². The van der Waals surface area contributed by atoms with Crippen LogP contribution in [0.1, 0.15) is 6.92 Å². The van der Waals surface area contributed by atoms with Crippen LogP contribution in [0.15, 0.2) is 0 Å². The maximum atomic E-state index is 10.7. The Hall–Kier alpha value is -0.490. The van der Waals surface area contributed by atoms with Crippen LogP contribution in [0.5, 0.6) is 0 Å². The van der Waals surface area contributed by atoms with Crippen LogP contribution in [0.4, 0.5) is 0 Å². The molecular formula is C6H12O5. The van der Waals surface area contributed by atoms with Crippen molar-refractivity contribution in [2.75, 3.05) is 13.2 Å². The Morgan fingerprint density at radius 2 is 2.00 bits per heavy atom. The molecule has 0 bridgehead atoms. The molecule has 0 heterocycles. The molecule has 5 heteroatoms. The van der Waals surface area contributed by atoms with Gasteiger partial charge in [0.25, 0.3) is 0 Å². The lowest BCUT2D eigenvalue weighted by Crippen LogP contribution is -2.49. The fourth-order valence-corrected chi connectivity index (χ4v) is 0.524. The molecule has 0 amide bonds. The fourth-order valence-electron chi connectivity index (χ4n) is 0.524. The molecule has 2 atom stereocenters. The van der Waals surface area contributed by atoms with Crippen LogP contribution in [-0.4, -0.2) is 51.1 Å². The van der Waals surface area contributed by atoms with E-state index in [1.165, 1.54) is 0 Å². The van der Waals surface area contributed by atoms with Crippen molar-refractivity contribution in [3.63, 3.8) is 0 Å². The highest BCUT2D eigenvalue weighted by Crippen LogP contribution is 2.10. The van der Waals surface area contributed by atoms with Gasteiger partial charge in [0, 0.05) is 0 Å². The van der Waals surface area contributed by atoms with Crippen molar-refractivity contribution in [2.24, 2.45) is 0 Å². The van der Waals surface area contributed by atoms with Gasteiger partial charge in [0.05, 0.1) is 6.61 Å². The molecule has 0 unspecified atom stereocenters. The van der Waals surface area contributed by atoms with Crippen LogP contribution in [-0.2, 0) is 4.79 Å². The molecule has 66 valence electrons. The molecule has 0 aliphatic rings. The number of carbonyl (C=O) groups excluding carboxylic acids is 1. The van der Waals surface area contributed by atoms with Crippen LogP contribution < -0.4 is 0 Å². The Labute approximate surface area is 63.9 Å². The van der Waals surface area contributed by atoms with Gasteiger partial charge in [0.1, 0.15) is 12.7 Å². The van der Waals surface area contributed by atoms with Crippen molar-refractivity contribution in [3.05, 3.63) is 0 Å². The third-order valence-corrected chi connectivity index (χ3v) is 1.53. The Kier molecular flexibility index (Phi) is 3.61. The summed E-state index contributed by atoms with van der Waals surface area (Å²) in [5.41, 5.74) is -2.07. The molecule has 0 aliphatic carbocycles. The van der Waals surface area contributed by atoms with E-state index in [2.05, 4.69) is 0 Å². The summed E-state index contributed by atoms with van der Waals surface area (Å²) in [5.74, 6) is -0.918. The second-order valence-corrected chi connectivity index (χ2v) is 2.43. The van der Waals surface area contributed by atoms with Gasteiger partial charge in [0.2, 0.25) is 0 Å². The average molecular weight is 164 g/mol. The van der Waals surface area contributed by atoms with E-state index in [1.807, 2.05) is 0 Å². The summed E-state index contributed by atoms with van der Waals surface area (Å²) in [4.78, 5) is 10.7. The highest BCUT2D eigenvalue weighted by Gasteiger charge is 2.36. The maximum absolute atomic E-state index is 10.7. The first-order valence-corrected chi connectivity index (χ1v) is 3.12. The summed E-state index contributed by atoms with van der Waals surface area (Å²) in [6.45, 7) is -0.546. The molecule has 0 radical (unpaired) electrons. The van der Waals surface area contributed by atoms with Gasteiger partial charge < -0.3 is 20.4 Å². The molecule has 0 spiro atoms. The van der Waals surface area contributed by atoms with Gasteiger partial charge in [-0.25, -0.2) is 0 Å². The second kappa shape index (κ2) is 3.77. The van der Waals surface area contributed by atoms with Gasteiger partial charge in [-0.15, -0.1) is 0 Å². The number of rotatable bonds is 4. The Bertz CT molecular complexity index is 142. The second-order valence-electron chi connectivity index (χ2n) is 2.43. The van der Waals surface area contributed by atoms with Crippen LogP contribution in [0.2, 0.25) is 0 Å². The summed E-state index contributed by atoms with van der Waals surface area (Å²) < 4.78 is 0. The highest BCUT2D eigenvalue weighted by molar-refractivity contribution is 5.88. The minimum atomic E-state index is -2.07. The van der Waals surface area contributed by atoms with E-state index in [0.717, 1.165) is 6.92 Å². The van der Waals surface area contributed by atoms with E-state index in [0.29, 0.717) is 0 Å². The number of aliphatic hydroxyl groups is 4. The zero-order valence-corrected chi connectivity index (χ0v) is 6.19. The molecule has 0 saturated heterocycles. The zero-order chi connectivity index (χ0) is 9.07. The molecule has 0 aromatic rings. The molecule has 0 aromatic heterocycles. The van der Waals surface area contributed by atoms with Crippen molar-refractivity contribution in [1.82, 2.24) is 0 Å². The van der Waals surface area contributed by atoms with Crippen molar-refractivity contribution >= 4 is 5.78 Å². The number of hydrogen-bond donors (Lipinski definition) is 4. The summed E-state index contributed by atoms with van der Waals surface area (Å²) in [5, 5.41) is 34.7. The SMILES string of the molecule is C[C@](O)(C(=O)CO)[C@H](O)CO. The molecule has 0 saturated carbocycles. The number of aliphatic hydroxyl groups excluding tert-OH is 3. The lowest BCUT2D eigenvalue weighted by atomic mass is 9.95. The molecule has 4 N–H and O–H groups in total. The third-order valence-electron chi connectivity index (χ3n) is 1.53. The smallest absolute Gasteiger partial charge is 0.192 e. The van der Waals surface area contributed by atoms with Crippen molar-refractivity contribution < 1.29 is 25.2 Å². The van der Waals surface area contributed by atoms with Crippen LogP contribution >= 0.6 is 0 Å². The van der Waals surface area contributed by atoms with Crippen LogP contribution in [0.3, 0.4) is 0 Å². The molecule has 0 fully saturated rings. The normalized spacial score (nSPS) is 19.0. The fraction of sp³-hybridized carbons (Fsp3) is 0.833. The van der Waals surface area contributed by atoms with Crippen molar-refractivity contribution in [3.8, 4) is 0 Å². The van der Waals surface area contributed by atoms with Gasteiger partial charge in [-0.1, -0.05) is 0 Å². The average Bonchev–Trinajstić information content (AvgIpc) is 2.01. The van der Waals surface area contributed by atoms with Crippen molar-refractivity contribution in [1.29, 1.82) is 0 Å². The monoisotopic (exact) mass is 164 g/mol. The third kappa shape index (κ3) is 2.23. The minimum Gasteiger partial charge on any atom is -0.394 e. The Balaban J connectivity index is 4.31. The first-order chi connectivity index (χ1) is 4.96. The van der Waals surface area contributed by atoms with E-state index in [4.69, 9.17) is 20.4 Å². The predicted octanol–water partition coefficient (Wildman–Crippen LogP) is -2.35.